The Hall–Kier alpha value is -0.990. The van der Waals surface area contributed by atoms with Crippen molar-refractivity contribution in [2.45, 2.75) is 0 Å². The number of nitrogens with zero attached hydrogens (tertiary/aromatic N) is 2. The largest absolute Gasteiger partial charge is 0.337 e. The smallest absolute Gasteiger partial charge is 0.245 e. The molecule has 0 aliphatic heterocycles. The maximum absolute atomic E-state index is 4.57. The maximum Gasteiger partial charge on any atom is 0.245 e. The first-order valence-electron chi connectivity index (χ1n) is 1.94. The molecule has 0 N–H and O–H groups in total. The quantitative estimate of drug-likeness (QED) is 0.513. The van der Waals surface area contributed by atoms with Crippen LogP contribution in [-0.2, 0) is 0 Å². The van der Waals surface area contributed by atoms with E-state index in [4.69, 9.17) is 0 Å². The van der Waals surface area contributed by atoms with Gasteiger partial charge in [-0.15, -0.1) is 0 Å². The summed E-state index contributed by atoms with van der Waals surface area (Å²) in [4.78, 5) is 0. The minimum absolute atomic E-state index is 0.569. The Balaban J connectivity index is 2.76. The van der Waals surface area contributed by atoms with Gasteiger partial charge in [0.2, 0.25) is 5.88 Å². The van der Waals surface area contributed by atoms with Crippen molar-refractivity contribution < 1.29 is 4.52 Å². The summed E-state index contributed by atoms with van der Waals surface area (Å²) in [6.07, 6.45) is 1.56. The van der Waals surface area contributed by atoms with Crippen molar-refractivity contribution in [3.63, 3.8) is 0 Å². The summed E-state index contributed by atoms with van der Waals surface area (Å²) in [6, 6.07) is 1.69. The average molecular weight is 97.1 g/mol. The minimum Gasteiger partial charge on any atom is -0.337 e. The van der Waals surface area contributed by atoms with E-state index < -0.39 is 0 Å². The first-order valence-corrected chi connectivity index (χ1v) is 1.94. The first-order chi connectivity index (χ1) is 3.43. The second-order valence-corrected chi connectivity index (χ2v) is 1.07. The molecule has 0 atom stereocenters. The molecule has 3 heteroatoms. The molecule has 1 heterocycles. The van der Waals surface area contributed by atoms with Crippen LogP contribution in [0.25, 0.3) is 0 Å². The zero-order chi connectivity index (χ0) is 5.11. The summed E-state index contributed by atoms with van der Waals surface area (Å²) >= 11 is 0. The van der Waals surface area contributed by atoms with Crippen LogP contribution < -0.4 is 5.32 Å². The van der Waals surface area contributed by atoms with E-state index in [0.717, 1.165) is 0 Å². The third kappa shape index (κ3) is 0.707. The van der Waals surface area contributed by atoms with Crippen molar-refractivity contribution in [3.05, 3.63) is 12.3 Å². The fraction of sp³-hybridized carbons (Fsp3) is 0.250. The van der Waals surface area contributed by atoms with Crippen LogP contribution in [0.5, 0.6) is 0 Å². The van der Waals surface area contributed by atoms with Crippen LogP contribution in [0.1, 0.15) is 0 Å². The Kier molecular flexibility index (Phi) is 0.978. The third-order valence-corrected chi connectivity index (χ3v) is 0.645. The van der Waals surface area contributed by atoms with Gasteiger partial charge in [-0.3, -0.25) is 5.32 Å². The lowest BCUT2D eigenvalue weighted by molar-refractivity contribution is 0.416. The van der Waals surface area contributed by atoms with Crippen LogP contribution in [0, 0.1) is 0 Å². The molecule has 0 aliphatic carbocycles. The molecule has 0 saturated heterocycles. The van der Waals surface area contributed by atoms with E-state index in [1.54, 1.807) is 19.3 Å². The van der Waals surface area contributed by atoms with Crippen molar-refractivity contribution in [1.29, 1.82) is 0 Å². The highest BCUT2D eigenvalue weighted by Crippen LogP contribution is 1.99. The first kappa shape index (κ1) is 4.18. The van der Waals surface area contributed by atoms with Crippen LogP contribution in [0.2, 0.25) is 0 Å². The zero-order valence-corrected chi connectivity index (χ0v) is 3.96. The topological polar surface area (TPSA) is 40.1 Å². The molecule has 0 bridgehead atoms. The highest BCUT2D eigenvalue weighted by atomic mass is 16.5. The van der Waals surface area contributed by atoms with Gasteiger partial charge in [0, 0.05) is 13.1 Å². The van der Waals surface area contributed by atoms with Crippen molar-refractivity contribution in [2.75, 3.05) is 7.05 Å². The molecule has 0 amide bonds. The molecular weight excluding hydrogens is 92.1 g/mol. The lowest BCUT2D eigenvalue weighted by atomic mass is 10.7. The molecule has 1 aromatic heterocycles. The van der Waals surface area contributed by atoms with Crippen molar-refractivity contribution in [3.8, 4) is 0 Å². The van der Waals surface area contributed by atoms with E-state index in [0.29, 0.717) is 5.88 Å². The monoisotopic (exact) mass is 97.0 g/mol. The average Bonchev–Trinajstić information content (AvgIpc) is 2.14. The van der Waals surface area contributed by atoms with Gasteiger partial charge < -0.3 is 4.52 Å². The molecule has 37 valence electrons. The number of hydrogen-bond donors (Lipinski definition) is 0. The van der Waals surface area contributed by atoms with Gasteiger partial charge in [0.05, 0.1) is 6.20 Å². The maximum atomic E-state index is 4.57. The highest BCUT2D eigenvalue weighted by molar-refractivity contribution is 5.15. The third-order valence-electron chi connectivity index (χ3n) is 0.645. The van der Waals surface area contributed by atoms with Crippen molar-refractivity contribution in [2.24, 2.45) is 0 Å². The molecule has 1 aromatic rings. The van der Waals surface area contributed by atoms with Crippen molar-refractivity contribution >= 4 is 5.88 Å². The van der Waals surface area contributed by atoms with Gasteiger partial charge in [-0.25, -0.2) is 0 Å². The Morgan fingerprint density at radius 2 is 2.71 bits per heavy atom. The van der Waals surface area contributed by atoms with Crippen LogP contribution in [-0.4, -0.2) is 12.2 Å². The normalized spacial score (nSPS) is 8.71. The van der Waals surface area contributed by atoms with Gasteiger partial charge >= 0.3 is 0 Å². The predicted octanol–water partition coefficient (Wildman–Crippen LogP) is 0.540. The molecule has 7 heavy (non-hydrogen) atoms. The summed E-state index contributed by atoms with van der Waals surface area (Å²) in [5.41, 5.74) is 0. The van der Waals surface area contributed by atoms with Gasteiger partial charge in [0.1, 0.15) is 0 Å². The Morgan fingerprint density at radius 3 is 3.00 bits per heavy atom. The summed E-state index contributed by atoms with van der Waals surface area (Å²) in [6.45, 7) is 0. The second-order valence-electron chi connectivity index (χ2n) is 1.07. The van der Waals surface area contributed by atoms with Gasteiger partial charge in [-0.2, -0.15) is 0 Å². The summed E-state index contributed by atoms with van der Waals surface area (Å²) in [7, 11) is 1.65. The molecule has 0 fully saturated rings. The fourth-order valence-electron chi connectivity index (χ4n) is 0.324. The van der Waals surface area contributed by atoms with Crippen LogP contribution >= 0.6 is 0 Å². The summed E-state index contributed by atoms with van der Waals surface area (Å²) in [5, 5.41) is 7.13. The lowest BCUT2D eigenvalue weighted by Gasteiger charge is -1.78. The van der Waals surface area contributed by atoms with Crippen LogP contribution in [0.4, 0.5) is 5.88 Å². The molecule has 1 radical (unpaired) electrons. The Bertz CT molecular complexity index is 124. The van der Waals surface area contributed by atoms with Gasteiger partial charge in [0.25, 0.3) is 0 Å². The van der Waals surface area contributed by atoms with Crippen LogP contribution in [0.3, 0.4) is 0 Å². The van der Waals surface area contributed by atoms with E-state index in [1.807, 2.05) is 0 Å². The van der Waals surface area contributed by atoms with E-state index in [2.05, 4.69) is 15.0 Å². The molecule has 1 rings (SSSR count). The highest BCUT2D eigenvalue weighted by Gasteiger charge is 1.87. The molecule has 0 spiro atoms. The van der Waals surface area contributed by atoms with E-state index in [-0.39, 0.29) is 0 Å². The number of hydrogen-bond acceptors (Lipinski definition) is 2. The van der Waals surface area contributed by atoms with Crippen molar-refractivity contribution in [1.82, 2.24) is 10.5 Å². The van der Waals surface area contributed by atoms with E-state index in [1.165, 1.54) is 0 Å². The number of aromatic nitrogens is 1. The fourth-order valence-corrected chi connectivity index (χ4v) is 0.324. The molecule has 0 aromatic carbocycles. The summed E-state index contributed by atoms with van der Waals surface area (Å²) < 4.78 is 4.57. The van der Waals surface area contributed by atoms with E-state index >= 15 is 0 Å². The van der Waals surface area contributed by atoms with E-state index in [9.17, 15) is 0 Å². The SMILES string of the molecule is C[N]c1ccno1. The standard InChI is InChI=1S/C4H5N2O/c1-5-4-2-3-6-7-4/h2-3H,1H3. The lowest BCUT2D eigenvalue weighted by Crippen LogP contribution is -1.79. The zero-order valence-electron chi connectivity index (χ0n) is 3.96. The van der Waals surface area contributed by atoms with Gasteiger partial charge in [0.15, 0.2) is 0 Å². The molecule has 0 unspecified atom stereocenters. The van der Waals surface area contributed by atoms with Crippen LogP contribution in [0.15, 0.2) is 16.8 Å². The Morgan fingerprint density at radius 1 is 1.86 bits per heavy atom. The number of rotatable bonds is 1. The van der Waals surface area contributed by atoms with Gasteiger partial charge in [-0.1, -0.05) is 5.16 Å². The predicted molar refractivity (Wildman–Crippen MR) is 24.2 cm³/mol. The second kappa shape index (κ2) is 1.64. The Labute approximate surface area is 41.3 Å². The minimum atomic E-state index is 0.569. The molecule has 3 nitrogen and oxygen atoms in total. The molecular formula is C4H5N2O. The molecule has 0 saturated carbocycles. The molecule has 0 aliphatic rings. The van der Waals surface area contributed by atoms with Gasteiger partial charge in [-0.05, 0) is 0 Å². The summed E-state index contributed by atoms with van der Waals surface area (Å²) in [5.74, 6) is 0.569.